The lowest BCUT2D eigenvalue weighted by atomic mass is 10.4. The average molecular weight is 282 g/mol. The molecule has 0 aliphatic heterocycles. The fraction of sp³-hybridized carbons (Fsp3) is 1.00. The first-order chi connectivity index (χ1) is 7.92. The van der Waals surface area contributed by atoms with Gasteiger partial charge in [0, 0.05) is 0 Å². The van der Waals surface area contributed by atoms with Crippen molar-refractivity contribution < 1.29 is 20.5 Å². The van der Waals surface area contributed by atoms with Gasteiger partial charge in [-0.1, -0.05) is 25.7 Å². The predicted molar refractivity (Wildman–Crippen MR) is 63.4 cm³/mol. The molecule has 0 saturated heterocycles. The Balaban J connectivity index is 2.08. The van der Waals surface area contributed by atoms with Crippen LogP contribution < -0.4 is 0 Å². The minimum atomic E-state index is -3.94. The van der Waals surface area contributed by atoms with Crippen molar-refractivity contribution in [2.24, 2.45) is 0 Å². The zero-order valence-corrected chi connectivity index (χ0v) is 11.3. The molecule has 2 aliphatic carbocycles. The van der Waals surface area contributed by atoms with Crippen LogP contribution in [0.25, 0.3) is 0 Å². The minimum absolute atomic E-state index is 0.516. The van der Waals surface area contributed by atoms with E-state index >= 15 is 0 Å². The Morgan fingerprint density at radius 1 is 0.647 bits per heavy atom. The summed E-state index contributed by atoms with van der Waals surface area (Å²) in [5.74, 6) is 0. The van der Waals surface area contributed by atoms with Gasteiger partial charge >= 0.3 is 0 Å². The van der Waals surface area contributed by atoms with Gasteiger partial charge in [0.1, 0.15) is 0 Å². The molecule has 2 saturated carbocycles. The molecular weight excluding hydrogens is 264 g/mol. The fourth-order valence-electron chi connectivity index (χ4n) is 2.60. The summed E-state index contributed by atoms with van der Waals surface area (Å²) in [6, 6.07) is 0. The topological polar surface area (TPSA) is 77.5 Å². The van der Waals surface area contributed by atoms with Gasteiger partial charge in [-0.15, -0.1) is 3.63 Å². The molecule has 7 heteroatoms. The average Bonchev–Trinajstić information content (AvgIpc) is 2.91. The third-order valence-corrected chi connectivity index (χ3v) is 7.70. The van der Waals surface area contributed by atoms with Crippen LogP contribution in [0.1, 0.15) is 51.4 Å². The minimum Gasteiger partial charge on any atom is -0.198 e. The van der Waals surface area contributed by atoms with E-state index in [0.29, 0.717) is 25.7 Å². The van der Waals surface area contributed by atoms with E-state index in [1.165, 1.54) is 0 Å². The molecule has 2 aliphatic rings. The number of hydrogen-bond donors (Lipinski definition) is 0. The molecule has 2 fully saturated rings. The van der Waals surface area contributed by atoms with E-state index in [1.54, 1.807) is 0 Å². The van der Waals surface area contributed by atoms with Crippen LogP contribution in [-0.4, -0.2) is 27.3 Å². The third-order valence-electron chi connectivity index (χ3n) is 3.61. The monoisotopic (exact) mass is 282 g/mol. The summed E-state index contributed by atoms with van der Waals surface area (Å²) < 4.78 is 51.8. The highest BCUT2D eigenvalue weighted by atomic mass is 32.3. The van der Waals surface area contributed by atoms with Crippen molar-refractivity contribution in [2.75, 3.05) is 0 Å². The summed E-state index contributed by atoms with van der Waals surface area (Å²) in [5, 5.41) is -1.25. The first-order valence-corrected chi connectivity index (χ1v) is 9.05. The van der Waals surface area contributed by atoms with Crippen LogP contribution in [-0.2, 0) is 23.9 Å². The summed E-state index contributed by atoms with van der Waals surface area (Å²) >= 11 is 0. The fourth-order valence-corrected chi connectivity index (χ4v) is 6.37. The highest BCUT2D eigenvalue weighted by Gasteiger charge is 2.38. The standard InChI is InChI=1S/C10H18O5S2/c11-16(12,9-5-1-2-6-9)15-17(13,14)10-7-3-4-8-10/h9-10H,1-8H2. The van der Waals surface area contributed by atoms with E-state index in [0.717, 1.165) is 25.7 Å². The largest absolute Gasteiger partial charge is 0.284 e. The molecule has 2 rings (SSSR count). The zero-order valence-electron chi connectivity index (χ0n) is 9.67. The second kappa shape index (κ2) is 4.85. The van der Waals surface area contributed by atoms with Gasteiger partial charge in [0.2, 0.25) is 0 Å². The van der Waals surface area contributed by atoms with Gasteiger partial charge in [-0.25, -0.2) is 0 Å². The highest BCUT2D eigenvalue weighted by Crippen LogP contribution is 2.31. The van der Waals surface area contributed by atoms with Crippen molar-refractivity contribution in [3.05, 3.63) is 0 Å². The molecular formula is C10H18O5S2. The van der Waals surface area contributed by atoms with Gasteiger partial charge in [0.25, 0.3) is 20.2 Å². The molecule has 0 bridgehead atoms. The van der Waals surface area contributed by atoms with Gasteiger partial charge in [0.05, 0.1) is 10.5 Å². The summed E-state index contributed by atoms with van der Waals surface area (Å²) in [4.78, 5) is 0. The molecule has 0 radical (unpaired) electrons. The van der Waals surface area contributed by atoms with Crippen molar-refractivity contribution in [1.82, 2.24) is 0 Å². The first-order valence-electron chi connectivity index (χ1n) is 6.10. The van der Waals surface area contributed by atoms with Gasteiger partial charge in [0.15, 0.2) is 0 Å². The zero-order chi connectivity index (χ0) is 12.5. The van der Waals surface area contributed by atoms with Crippen molar-refractivity contribution in [1.29, 1.82) is 0 Å². The lowest BCUT2D eigenvalue weighted by molar-refractivity contribution is 0.442. The van der Waals surface area contributed by atoms with E-state index in [9.17, 15) is 16.8 Å². The first kappa shape index (κ1) is 13.3. The quantitative estimate of drug-likeness (QED) is 0.781. The van der Waals surface area contributed by atoms with Crippen LogP contribution in [0.15, 0.2) is 0 Å². The summed E-state index contributed by atoms with van der Waals surface area (Å²) in [6.07, 6.45) is 5.39. The van der Waals surface area contributed by atoms with Crippen LogP contribution in [0, 0.1) is 0 Å². The molecule has 0 aromatic heterocycles. The summed E-state index contributed by atoms with van der Waals surface area (Å²) in [6.45, 7) is 0. The molecule has 0 heterocycles. The Bertz CT molecular complexity index is 409. The van der Waals surface area contributed by atoms with Crippen molar-refractivity contribution in [3.63, 3.8) is 0 Å². The number of hydrogen-bond acceptors (Lipinski definition) is 5. The van der Waals surface area contributed by atoms with Crippen LogP contribution in [0.4, 0.5) is 0 Å². The molecule has 5 nitrogen and oxygen atoms in total. The maximum Gasteiger partial charge on any atom is 0.284 e. The summed E-state index contributed by atoms with van der Waals surface area (Å²) in [7, 11) is -7.89. The number of rotatable bonds is 4. The van der Waals surface area contributed by atoms with E-state index < -0.39 is 30.7 Å². The van der Waals surface area contributed by atoms with E-state index in [4.69, 9.17) is 0 Å². The van der Waals surface area contributed by atoms with Crippen molar-refractivity contribution in [2.45, 2.75) is 61.9 Å². The Kier molecular flexibility index (Phi) is 3.80. The Morgan fingerprint density at radius 3 is 1.24 bits per heavy atom. The predicted octanol–water partition coefficient (Wildman–Crippen LogP) is 1.55. The van der Waals surface area contributed by atoms with Gasteiger partial charge < -0.3 is 0 Å². The van der Waals surface area contributed by atoms with Crippen LogP contribution in [0.2, 0.25) is 0 Å². The second-order valence-corrected chi connectivity index (χ2v) is 8.72. The maximum absolute atomic E-state index is 11.8. The summed E-state index contributed by atoms with van der Waals surface area (Å²) in [5.41, 5.74) is 0. The van der Waals surface area contributed by atoms with Crippen LogP contribution >= 0.6 is 0 Å². The molecule has 0 amide bonds. The van der Waals surface area contributed by atoms with Gasteiger partial charge in [-0.3, -0.25) is 0 Å². The molecule has 0 unspecified atom stereocenters. The molecule has 100 valence electrons. The molecule has 17 heavy (non-hydrogen) atoms. The van der Waals surface area contributed by atoms with Gasteiger partial charge in [-0.05, 0) is 25.7 Å². The second-order valence-electron chi connectivity index (χ2n) is 4.87. The molecule has 0 spiro atoms. The molecule has 0 aromatic rings. The SMILES string of the molecule is O=S(=O)(OS(=O)(=O)C1CCCC1)C1CCCC1. The lowest BCUT2D eigenvalue weighted by Gasteiger charge is -2.14. The van der Waals surface area contributed by atoms with Gasteiger partial charge in [-0.2, -0.15) is 16.8 Å². The third kappa shape index (κ3) is 3.00. The highest BCUT2D eigenvalue weighted by molar-refractivity contribution is 8.00. The Hall–Kier alpha value is -0.140. The molecule has 0 aromatic carbocycles. The maximum atomic E-state index is 11.8. The normalized spacial score (nSPS) is 24.5. The lowest BCUT2D eigenvalue weighted by Crippen LogP contribution is -2.29. The van der Waals surface area contributed by atoms with Crippen LogP contribution in [0.3, 0.4) is 0 Å². The van der Waals surface area contributed by atoms with Crippen molar-refractivity contribution in [3.8, 4) is 0 Å². The van der Waals surface area contributed by atoms with Crippen LogP contribution in [0.5, 0.6) is 0 Å². The Labute approximate surface area is 103 Å². The van der Waals surface area contributed by atoms with Crippen molar-refractivity contribution >= 4 is 20.2 Å². The van der Waals surface area contributed by atoms with E-state index in [2.05, 4.69) is 3.63 Å². The molecule has 0 N–H and O–H groups in total. The van der Waals surface area contributed by atoms with E-state index in [-0.39, 0.29) is 0 Å². The Morgan fingerprint density at radius 2 is 0.941 bits per heavy atom. The smallest absolute Gasteiger partial charge is 0.198 e. The molecule has 0 atom stereocenters. The van der Waals surface area contributed by atoms with E-state index in [1.807, 2.05) is 0 Å².